The quantitative estimate of drug-likeness (QED) is 0.165. The van der Waals surface area contributed by atoms with Crippen LogP contribution in [-0.2, 0) is 0 Å². The van der Waals surface area contributed by atoms with Crippen molar-refractivity contribution in [2.24, 2.45) is 0 Å². The van der Waals surface area contributed by atoms with E-state index in [2.05, 4.69) is 91.0 Å². The first-order chi connectivity index (χ1) is 29.3. The summed E-state index contributed by atoms with van der Waals surface area (Å²) in [6, 6.07) is 55.0. The van der Waals surface area contributed by atoms with Gasteiger partial charge in [0.15, 0.2) is 17.5 Å². The molecule has 4 heteroatoms. The molecule has 8 aromatic carbocycles. The minimum atomic E-state index is -0.425. The van der Waals surface area contributed by atoms with E-state index in [1.165, 1.54) is 11.1 Å². The molecule has 0 unspecified atom stereocenters. The second-order valence-electron chi connectivity index (χ2n) is 13.3. The van der Waals surface area contributed by atoms with Gasteiger partial charge in [-0.15, -0.1) is 0 Å². The summed E-state index contributed by atoms with van der Waals surface area (Å²) in [5, 5.41) is 1.99. The summed E-state index contributed by atoms with van der Waals surface area (Å²) >= 11 is 0. The molecule has 0 aliphatic carbocycles. The third kappa shape index (κ3) is 6.36. The van der Waals surface area contributed by atoms with Gasteiger partial charge in [-0.05, 0) is 68.8 Å². The molecule has 4 nitrogen and oxygen atoms in total. The molecule has 0 radical (unpaired) electrons. The van der Waals surface area contributed by atoms with Crippen LogP contribution in [0, 0.1) is 0 Å². The van der Waals surface area contributed by atoms with Crippen molar-refractivity contribution in [2.75, 3.05) is 0 Å². The maximum absolute atomic E-state index is 8.43. The van der Waals surface area contributed by atoms with Gasteiger partial charge in [0.25, 0.3) is 0 Å². The van der Waals surface area contributed by atoms with Crippen LogP contribution >= 0.6 is 0 Å². The van der Waals surface area contributed by atoms with Crippen molar-refractivity contribution in [3.05, 3.63) is 200 Å². The monoisotopic (exact) mass is 708 g/mol. The predicted molar refractivity (Wildman–Crippen MR) is 225 cm³/mol. The molecular formula is C51H33N3O. The summed E-state index contributed by atoms with van der Waals surface area (Å²) < 4.78 is 47.5. The Hall–Kier alpha value is -7.43. The van der Waals surface area contributed by atoms with Gasteiger partial charge in [-0.2, -0.15) is 0 Å². The van der Waals surface area contributed by atoms with Crippen LogP contribution in [0.2, 0.25) is 0 Å². The molecule has 2 aromatic heterocycles. The van der Waals surface area contributed by atoms with E-state index in [1.54, 1.807) is 24.3 Å². The number of hydrogen-bond donors (Lipinski definition) is 0. The molecule has 0 saturated heterocycles. The third-order valence-corrected chi connectivity index (χ3v) is 9.87. The first kappa shape index (κ1) is 27.2. The van der Waals surface area contributed by atoms with Gasteiger partial charge in [0, 0.05) is 27.5 Å². The molecule has 10 rings (SSSR count). The van der Waals surface area contributed by atoms with Gasteiger partial charge in [-0.25, -0.2) is 15.0 Å². The molecule has 10 aromatic rings. The smallest absolute Gasteiger partial charge is 0.164 e. The van der Waals surface area contributed by atoms with Gasteiger partial charge < -0.3 is 4.42 Å². The van der Waals surface area contributed by atoms with E-state index in [0.717, 1.165) is 49.7 Å². The van der Waals surface area contributed by atoms with Crippen molar-refractivity contribution in [3.8, 4) is 78.7 Å². The molecule has 258 valence electrons. The Morgan fingerprint density at radius 3 is 1.18 bits per heavy atom. The van der Waals surface area contributed by atoms with Crippen molar-refractivity contribution in [1.82, 2.24) is 15.0 Å². The van der Waals surface area contributed by atoms with E-state index >= 15 is 0 Å². The van der Waals surface area contributed by atoms with Crippen LogP contribution in [0.25, 0.3) is 101 Å². The van der Waals surface area contributed by atoms with Gasteiger partial charge in [0.05, 0.1) is 6.85 Å². The molecule has 2 heterocycles. The fourth-order valence-corrected chi connectivity index (χ4v) is 6.97. The number of rotatable bonds is 7. The molecule has 55 heavy (non-hydrogen) atoms. The molecule has 0 saturated carbocycles. The van der Waals surface area contributed by atoms with E-state index in [9.17, 15) is 0 Å². The van der Waals surface area contributed by atoms with Crippen molar-refractivity contribution in [3.63, 3.8) is 0 Å². The largest absolute Gasteiger partial charge is 0.456 e. The van der Waals surface area contributed by atoms with E-state index < -0.39 is 6.04 Å². The van der Waals surface area contributed by atoms with Gasteiger partial charge in [-0.1, -0.05) is 176 Å². The average molecular weight is 709 g/mol. The van der Waals surface area contributed by atoms with Crippen molar-refractivity contribution in [1.29, 1.82) is 0 Å². The molecule has 0 aliphatic heterocycles. The highest BCUT2D eigenvalue weighted by Gasteiger charge is 2.15. The average Bonchev–Trinajstić information content (AvgIpc) is 3.68. The highest BCUT2D eigenvalue weighted by atomic mass is 16.3. The van der Waals surface area contributed by atoms with E-state index in [-0.39, 0.29) is 29.7 Å². The summed E-state index contributed by atoms with van der Waals surface area (Å²) in [5.74, 6) is 1.39. The number of benzene rings is 8. The number of nitrogens with zero attached hydrogens (tertiary/aromatic N) is 3. The van der Waals surface area contributed by atoms with Crippen molar-refractivity contribution < 1.29 is 11.3 Å². The molecule has 0 N–H and O–H groups in total. The number of aromatic nitrogens is 3. The van der Waals surface area contributed by atoms with Crippen LogP contribution in [0.4, 0.5) is 0 Å². The van der Waals surface area contributed by atoms with Crippen LogP contribution in [0.1, 0.15) is 6.85 Å². The second-order valence-corrected chi connectivity index (χ2v) is 13.3. The van der Waals surface area contributed by atoms with Gasteiger partial charge in [-0.3, -0.25) is 0 Å². The summed E-state index contributed by atoms with van der Waals surface area (Å²) in [7, 11) is 0. The Morgan fingerprint density at radius 1 is 0.309 bits per heavy atom. The molecule has 0 spiro atoms. The lowest BCUT2D eigenvalue weighted by molar-refractivity contribution is 0.669. The van der Waals surface area contributed by atoms with Crippen molar-refractivity contribution >= 4 is 21.9 Å². The SMILES string of the molecule is [2H]c1c([2H])c([2H])c(-c2ccc(-c3nc(-c4ccccc4)nc(-c4ccc5c(c4)oc4cc(-c6ccc(-c7ccc(-c8ccccc8)cc7)cc6)ccc45)n3)cc2)c([2H])c1[2H]. The second kappa shape index (κ2) is 13.8. The summed E-state index contributed by atoms with van der Waals surface area (Å²) in [5.41, 5.74) is 11.2. The number of furan rings is 1. The standard InChI is InChI=1S/C51H33N3O/c1-4-10-34(11-5-1)36-16-18-38(19-17-36)39-20-22-40(23-21-39)43-28-30-45-46-31-29-44(33-48(46)55-47(45)32-43)51-53-49(41-14-8-3-9-15-41)52-50(54-51)42-26-24-37(25-27-42)35-12-6-2-7-13-35/h1-33H/i2D,6D,7D,12D,13D. The Labute approximate surface area is 326 Å². The fraction of sp³-hybridized carbons (Fsp3) is 0. The molecule has 0 fully saturated rings. The zero-order chi connectivity index (χ0) is 40.9. The predicted octanol–water partition coefficient (Wildman–Crippen LogP) is 13.4. The van der Waals surface area contributed by atoms with Crippen LogP contribution < -0.4 is 0 Å². The van der Waals surface area contributed by atoms with Gasteiger partial charge in [0.1, 0.15) is 11.2 Å². The number of fused-ring (bicyclic) bond motifs is 3. The van der Waals surface area contributed by atoms with Crippen LogP contribution in [0.5, 0.6) is 0 Å². The van der Waals surface area contributed by atoms with Gasteiger partial charge >= 0.3 is 0 Å². The minimum Gasteiger partial charge on any atom is -0.456 e. The normalized spacial score (nSPS) is 12.5. The third-order valence-electron chi connectivity index (χ3n) is 9.87. The lowest BCUT2D eigenvalue weighted by Crippen LogP contribution is -2.00. The van der Waals surface area contributed by atoms with Crippen LogP contribution in [-0.4, -0.2) is 15.0 Å². The summed E-state index contributed by atoms with van der Waals surface area (Å²) in [6.07, 6.45) is 0. The number of hydrogen-bond acceptors (Lipinski definition) is 4. The van der Waals surface area contributed by atoms with Crippen LogP contribution in [0.15, 0.2) is 204 Å². The zero-order valence-corrected chi connectivity index (χ0v) is 29.4. The zero-order valence-electron chi connectivity index (χ0n) is 34.4. The molecule has 0 bridgehead atoms. The maximum atomic E-state index is 8.43. The molecule has 0 atom stereocenters. The highest BCUT2D eigenvalue weighted by Crippen LogP contribution is 2.36. The Morgan fingerprint density at radius 2 is 0.655 bits per heavy atom. The summed E-state index contributed by atoms with van der Waals surface area (Å²) in [6.45, 7) is 0. The first-order valence-electron chi connectivity index (χ1n) is 20.5. The van der Waals surface area contributed by atoms with E-state index in [1.807, 2.05) is 54.6 Å². The lowest BCUT2D eigenvalue weighted by Gasteiger charge is -2.09. The Bertz CT molecular complexity index is 3200. The minimum absolute atomic E-state index is 0.138. The fourth-order valence-electron chi connectivity index (χ4n) is 6.97. The van der Waals surface area contributed by atoms with E-state index in [0.29, 0.717) is 34.2 Å². The van der Waals surface area contributed by atoms with E-state index in [4.69, 9.17) is 26.2 Å². The Kier molecular flexibility index (Phi) is 6.85. The van der Waals surface area contributed by atoms with Gasteiger partial charge in [0.2, 0.25) is 0 Å². The molecular weight excluding hydrogens is 671 g/mol. The maximum Gasteiger partial charge on any atom is 0.164 e. The first-order valence-corrected chi connectivity index (χ1v) is 18.0. The summed E-state index contributed by atoms with van der Waals surface area (Å²) in [4.78, 5) is 14.7. The van der Waals surface area contributed by atoms with Crippen LogP contribution in [0.3, 0.4) is 0 Å². The lowest BCUT2D eigenvalue weighted by atomic mass is 9.97. The topological polar surface area (TPSA) is 51.8 Å². The van der Waals surface area contributed by atoms with Crippen molar-refractivity contribution in [2.45, 2.75) is 0 Å². The molecule has 0 amide bonds. The Balaban J connectivity index is 0.969. The molecule has 0 aliphatic rings. The highest BCUT2D eigenvalue weighted by molar-refractivity contribution is 6.06.